The van der Waals surface area contributed by atoms with E-state index in [1.807, 2.05) is 34.5 Å². The van der Waals surface area contributed by atoms with Crippen LogP contribution in [0.4, 0.5) is 0 Å². The quantitative estimate of drug-likeness (QED) is 0.374. The van der Waals surface area contributed by atoms with E-state index < -0.39 is 0 Å². The van der Waals surface area contributed by atoms with Crippen LogP contribution < -0.4 is 0 Å². The smallest absolute Gasteiger partial charge is 0.257 e. The minimum absolute atomic E-state index is 0.0884. The van der Waals surface area contributed by atoms with Crippen LogP contribution in [-0.2, 0) is 12.8 Å². The maximum Gasteiger partial charge on any atom is 0.257 e. The number of piperidine rings is 1. The summed E-state index contributed by atoms with van der Waals surface area (Å²) in [5.74, 6) is 0.717. The van der Waals surface area contributed by atoms with E-state index >= 15 is 0 Å². The van der Waals surface area contributed by atoms with E-state index in [0.717, 1.165) is 73.4 Å². The molecule has 4 aromatic rings. The van der Waals surface area contributed by atoms with Crippen LogP contribution in [0.5, 0.6) is 0 Å². The summed E-state index contributed by atoms with van der Waals surface area (Å²) >= 11 is 0. The molecule has 0 radical (unpaired) electrons. The fraction of sp³-hybridized carbons (Fsp3) is 0.345. The number of carbonyl (C=O) groups excluding carboxylic acids is 1. The van der Waals surface area contributed by atoms with Crippen LogP contribution in [0.25, 0.3) is 16.8 Å². The van der Waals surface area contributed by atoms with Gasteiger partial charge in [-0.25, -0.2) is 9.50 Å². The lowest BCUT2D eigenvalue weighted by Gasteiger charge is -2.32. The number of fused-ring (bicyclic) bond motifs is 1. The zero-order chi connectivity index (χ0) is 23.5. The van der Waals surface area contributed by atoms with Crippen LogP contribution in [0.1, 0.15) is 53.5 Å². The minimum atomic E-state index is 0.0884. The molecule has 5 nitrogen and oxygen atoms in total. The number of amides is 1. The van der Waals surface area contributed by atoms with Gasteiger partial charge in [-0.15, -0.1) is 0 Å². The zero-order valence-electron chi connectivity index (χ0n) is 20.1. The number of hydrogen-bond acceptors (Lipinski definition) is 3. The van der Waals surface area contributed by atoms with Crippen molar-refractivity contribution in [3.63, 3.8) is 0 Å². The predicted molar refractivity (Wildman–Crippen MR) is 136 cm³/mol. The molecule has 0 atom stereocenters. The second-order valence-corrected chi connectivity index (χ2v) is 9.36. The number of rotatable bonds is 6. The maximum absolute atomic E-state index is 13.6. The summed E-state index contributed by atoms with van der Waals surface area (Å²) in [4.78, 5) is 20.4. The van der Waals surface area contributed by atoms with Crippen molar-refractivity contribution in [2.45, 2.75) is 46.0 Å². The van der Waals surface area contributed by atoms with Gasteiger partial charge in [-0.1, -0.05) is 74.0 Å². The number of nitrogens with zero attached hydrogens (tertiary/aromatic N) is 4. The Morgan fingerprint density at radius 3 is 2.35 bits per heavy atom. The Labute approximate surface area is 201 Å². The minimum Gasteiger partial charge on any atom is -0.339 e. The van der Waals surface area contributed by atoms with E-state index in [1.165, 1.54) is 5.56 Å². The highest BCUT2D eigenvalue weighted by Gasteiger charge is 2.27. The van der Waals surface area contributed by atoms with Crippen molar-refractivity contribution in [1.29, 1.82) is 0 Å². The SMILES string of the molecule is CCCc1c(C(=O)N2CCC(Cc3ccccc3)CC2)cnc2c(-c3ccccc3)c(C)nn12. The summed E-state index contributed by atoms with van der Waals surface area (Å²) < 4.78 is 1.91. The highest BCUT2D eigenvalue weighted by molar-refractivity contribution is 5.96. The third-order valence-electron chi connectivity index (χ3n) is 6.97. The highest BCUT2D eigenvalue weighted by Crippen LogP contribution is 2.29. The van der Waals surface area contributed by atoms with E-state index in [1.54, 1.807) is 6.20 Å². The molecule has 2 aromatic heterocycles. The maximum atomic E-state index is 13.6. The summed E-state index contributed by atoms with van der Waals surface area (Å²) in [6.07, 6.45) is 6.69. The molecule has 0 aliphatic carbocycles. The normalized spacial score (nSPS) is 14.6. The first-order valence-electron chi connectivity index (χ1n) is 12.4. The van der Waals surface area contributed by atoms with Crippen LogP contribution in [0, 0.1) is 12.8 Å². The monoisotopic (exact) mass is 452 g/mol. The van der Waals surface area contributed by atoms with Gasteiger partial charge in [-0.05, 0) is 49.7 Å². The van der Waals surface area contributed by atoms with E-state index in [-0.39, 0.29) is 5.91 Å². The second kappa shape index (κ2) is 9.80. The van der Waals surface area contributed by atoms with Gasteiger partial charge >= 0.3 is 0 Å². The van der Waals surface area contributed by atoms with Crippen LogP contribution in [0.2, 0.25) is 0 Å². The van der Waals surface area contributed by atoms with Crippen molar-refractivity contribution in [1.82, 2.24) is 19.5 Å². The van der Waals surface area contributed by atoms with E-state index in [2.05, 4.69) is 49.4 Å². The average Bonchev–Trinajstić information content (AvgIpc) is 3.22. The number of hydrogen-bond donors (Lipinski definition) is 0. The van der Waals surface area contributed by atoms with Crippen LogP contribution in [0.3, 0.4) is 0 Å². The van der Waals surface area contributed by atoms with Gasteiger partial charge in [0.2, 0.25) is 0 Å². The van der Waals surface area contributed by atoms with Gasteiger partial charge in [0, 0.05) is 24.8 Å². The molecule has 5 rings (SSSR count). The van der Waals surface area contributed by atoms with Crippen molar-refractivity contribution in [2.75, 3.05) is 13.1 Å². The number of likely N-dealkylation sites (tertiary alicyclic amines) is 1. The lowest BCUT2D eigenvalue weighted by molar-refractivity contribution is 0.0688. The molecule has 1 aliphatic rings. The Balaban J connectivity index is 1.40. The first-order valence-corrected chi connectivity index (χ1v) is 12.4. The lowest BCUT2D eigenvalue weighted by Crippen LogP contribution is -2.39. The summed E-state index contributed by atoms with van der Waals surface area (Å²) in [5.41, 5.74) is 6.94. The van der Waals surface area contributed by atoms with Crippen molar-refractivity contribution in [3.05, 3.63) is 89.4 Å². The van der Waals surface area contributed by atoms with E-state index in [4.69, 9.17) is 10.1 Å². The molecule has 5 heteroatoms. The average molecular weight is 453 g/mol. The first kappa shape index (κ1) is 22.3. The molecule has 1 aliphatic heterocycles. The molecule has 0 N–H and O–H groups in total. The Morgan fingerprint density at radius 1 is 1.00 bits per heavy atom. The van der Waals surface area contributed by atoms with Crippen molar-refractivity contribution < 1.29 is 4.79 Å². The van der Waals surface area contributed by atoms with Crippen LogP contribution in [0.15, 0.2) is 66.9 Å². The van der Waals surface area contributed by atoms with Gasteiger partial charge < -0.3 is 4.90 Å². The molecule has 0 spiro atoms. The Kier molecular flexibility index (Phi) is 6.43. The Bertz CT molecular complexity index is 1270. The third kappa shape index (κ3) is 4.35. The topological polar surface area (TPSA) is 50.5 Å². The number of aromatic nitrogens is 3. The Morgan fingerprint density at radius 2 is 1.68 bits per heavy atom. The lowest BCUT2D eigenvalue weighted by atomic mass is 9.90. The molecule has 2 aromatic carbocycles. The predicted octanol–water partition coefficient (Wildman–Crippen LogP) is 5.75. The van der Waals surface area contributed by atoms with Gasteiger partial charge in [0.15, 0.2) is 5.65 Å². The van der Waals surface area contributed by atoms with E-state index in [9.17, 15) is 4.79 Å². The highest BCUT2D eigenvalue weighted by atomic mass is 16.2. The molecule has 1 fully saturated rings. The molecule has 174 valence electrons. The molecule has 3 heterocycles. The number of aryl methyl sites for hydroxylation is 2. The zero-order valence-corrected chi connectivity index (χ0v) is 20.1. The summed E-state index contributed by atoms with van der Waals surface area (Å²) in [6, 6.07) is 20.9. The first-order chi connectivity index (χ1) is 16.7. The van der Waals surface area contributed by atoms with Gasteiger partial charge in [0.05, 0.1) is 17.0 Å². The van der Waals surface area contributed by atoms with Crippen molar-refractivity contribution in [3.8, 4) is 11.1 Å². The molecule has 1 amide bonds. The second-order valence-electron chi connectivity index (χ2n) is 9.36. The number of carbonyl (C=O) groups is 1. The van der Waals surface area contributed by atoms with Crippen molar-refractivity contribution in [2.24, 2.45) is 5.92 Å². The molecule has 0 saturated carbocycles. The van der Waals surface area contributed by atoms with E-state index in [0.29, 0.717) is 11.5 Å². The summed E-state index contributed by atoms with van der Waals surface area (Å²) in [6.45, 7) is 5.76. The van der Waals surface area contributed by atoms with Gasteiger partial charge in [-0.2, -0.15) is 5.10 Å². The third-order valence-corrected chi connectivity index (χ3v) is 6.97. The van der Waals surface area contributed by atoms with Gasteiger partial charge in [-0.3, -0.25) is 4.79 Å². The summed E-state index contributed by atoms with van der Waals surface area (Å²) in [7, 11) is 0. The Hall–Kier alpha value is -3.47. The fourth-order valence-corrected chi connectivity index (χ4v) is 5.19. The van der Waals surface area contributed by atoms with Gasteiger partial charge in [0.1, 0.15) is 0 Å². The van der Waals surface area contributed by atoms with Gasteiger partial charge in [0.25, 0.3) is 5.91 Å². The number of benzene rings is 2. The molecule has 0 bridgehead atoms. The van der Waals surface area contributed by atoms with Crippen molar-refractivity contribution >= 4 is 11.6 Å². The molecule has 34 heavy (non-hydrogen) atoms. The fourth-order valence-electron chi connectivity index (χ4n) is 5.19. The molecule has 1 saturated heterocycles. The standard InChI is InChI=1S/C29H32N4O/c1-3-10-26-25(20-30-28-27(21(2)31-33(26)28)24-13-8-5-9-14-24)29(34)32-17-15-23(16-18-32)19-22-11-6-4-7-12-22/h4-9,11-14,20,23H,3,10,15-19H2,1-2H3. The largest absolute Gasteiger partial charge is 0.339 e. The van der Waals surface area contributed by atoms with Crippen LogP contribution >= 0.6 is 0 Å². The van der Waals surface area contributed by atoms with Crippen LogP contribution in [-0.4, -0.2) is 38.5 Å². The molecular weight excluding hydrogens is 420 g/mol. The summed E-state index contributed by atoms with van der Waals surface area (Å²) in [5, 5.41) is 4.84. The molecular formula is C29H32N4O. The molecule has 0 unspecified atom stereocenters.